The summed E-state index contributed by atoms with van der Waals surface area (Å²) in [4.78, 5) is 23.4. The SMILES string of the molecule is CC(C)OC(=O)c1ccc(OC(=O)COc2ccccc2)cc1. The minimum atomic E-state index is -0.522. The number of ether oxygens (including phenoxy) is 3. The van der Waals surface area contributed by atoms with E-state index in [1.807, 2.05) is 18.2 Å². The van der Waals surface area contributed by atoms with Crippen molar-refractivity contribution in [3.63, 3.8) is 0 Å². The number of hydrogen-bond donors (Lipinski definition) is 0. The summed E-state index contributed by atoms with van der Waals surface area (Å²) < 4.78 is 15.5. The quantitative estimate of drug-likeness (QED) is 0.605. The largest absolute Gasteiger partial charge is 0.482 e. The van der Waals surface area contributed by atoms with Crippen LogP contribution in [-0.2, 0) is 9.53 Å². The molecule has 2 aromatic rings. The maximum atomic E-state index is 11.7. The van der Waals surface area contributed by atoms with E-state index < -0.39 is 11.9 Å². The summed E-state index contributed by atoms with van der Waals surface area (Å²) in [6.45, 7) is 3.36. The van der Waals surface area contributed by atoms with Crippen molar-refractivity contribution in [1.82, 2.24) is 0 Å². The molecular formula is C18H18O5. The summed E-state index contributed by atoms with van der Waals surface area (Å²) in [5, 5.41) is 0. The summed E-state index contributed by atoms with van der Waals surface area (Å²) in [5.74, 6) is 0.000588. The monoisotopic (exact) mass is 314 g/mol. The van der Waals surface area contributed by atoms with Crippen LogP contribution in [0.15, 0.2) is 54.6 Å². The Balaban J connectivity index is 1.85. The normalized spacial score (nSPS) is 10.2. The second-order valence-corrected chi connectivity index (χ2v) is 5.05. The summed E-state index contributed by atoms with van der Waals surface area (Å²) in [7, 11) is 0. The third-order valence-electron chi connectivity index (χ3n) is 2.76. The van der Waals surface area contributed by atoms with Crippen molar-refractivity contribution in [2.45, 2.75) is 20.0 Å². The molecule has 23 heavy (non-hydrogen) atoms. The predicted molar refractivity (Wildman–Crippen MR) is 84.6 cm³/mol. The molecule has 0 bridgehead atoms. The Morgan fingerprint density at radius 1 is 0.913 bits per heavy atom. The highest BCUT2D eigenvalue weighted by molar-refractivity contribution is 5.89. The Morgan fingerprint density at radius 2 is 1.57 bits per heavy atom. The van der Waals surface area contributed by atoms with Gasteiger partial charge in [0, 0.05) is 0 Å². The molecule has 0 heterocycles. The van der Waals surface area contributed by atoms with Gasteiger partial charge < -0.3 is 14.2 Å². The van der Waals surface area contributed by atoms with Gasteiger partial charge in [-0.3, -0.25) is 0 Å². The first-order chi connectivity index (χ1) is 11.0. The number of hydrogen-bond acceptors (Lipinski definition) is 5. The van der Waals surface area contributed by atoms with Crippen LogP contribution in [-0.4, -0.2) is 24.6 Å². The molecule has 0 aliphatic heterocycles. The van der Waals surface area contributed by atoms with E-state index >= 15 is 0 Å². The molecule has 120 valence electrons. The van der Waals surface area contributed by atoms with E-state index in [1.165, 1.54) is 12.1 Å². The molecule has 0 atom stereocenters. The first-order valence-corrected chi connectivity index (χ1v) is 7.24. The van der Waals surface area contributed by atoms with Gasteiger partial charge in [0.1, 0.15) is 11.5 Å². The van der Waals surface area contributed by atoms with Gasteiger partial charge in [0.2, 0.25) is 0 Å². The Kier molecular flexibility index (Phi) is 5.74. The lowest BCUT2D eigenvalue weighted by Gasteiger charge is -2.09. The molecule has 0 saturated carbocycles. The van der Waals surface area contributed by atoms with E-state index in [-0.39, 0.29) is 12.7 Å². The molecule has 5 heteroatoms. The van der Waals surface area contributed by atoms with Gasteiger partial charge in [-0.1, -0.05) is 18.2 Å². The first-order valence-electron chi connectivity index (χ1n) is 7.24. The van der Waals surface area contributed by atoms with Crippen molar-refractivity contribution in [3.05, 3.63) is 60.2 Å². The van der Waals surface area contributed by atoms with Crippen molar-refractivity contribution in [1.29, 1.82) is 0 Å². The minimum absolute atomic E-state index is 0.185. The third kappa shape index (κ3) is 5.47. The topological polar surface area (TPSA) is 61.8 Å². The standard InChI is InChI=1S/C18H18O5/c1-13(2)22-18(20)14-8-10-16(11-9-14)23-17(19)12-21-15-6-4-3-5-7-15/h3-11,13H,12H2,1-2H3. The van der Waals surface area contributed by atoms with Gasteiger partial charge in [-0.05, 0) is 50.2 Å². The lowest BCUT2D eigenvalue weighted by molar-refractivity contribution is -0.136. The van der Waals surface area contributed by atoms with E-state index in [1.54, 1.807) is 38.1 Å². The van der Waals surface area contributed by atoms with Gasteiger partial charge in [-0.15, -0.1) is 0 Å². The summed E-state index contributed by atoms with van der Waals surface area (Å²) >= 11 is 0. The Bertz CT molecular complexity index is 647. The predicted octanol–water partition coefficient (Wildman–Crippen LogP) is 3.24. The smallest absolute Gasteiger partial charge is 0.349 e. The van der Waals surface area contributed by atoms with Crippen molar-refractivity contribution >= 4 is 11.9 Å². The van der Waals surface area contributed by atoms with Crippen LogP contribution in [0.5, 0.6) is 11.5 Å². The highest BCUT2D eigenvalue weighted by atomic mass is 16.6. The van der Waals surface area contributed by atoms with Gasteiger partial charge in [0.15, 0.2) is 6.61 Å². The van der Waals surface area contributed by atoms with Gasteiger partial charge in [0.05, 0.1) is 11.7 Å². The van der Waals surface area contributed by atoms with Crippen molar-refractivity contribution in [2.24, 2.45) is 0 Å². The number of carbonyl (C=O) groups excluding carboxylic acids is 2. The molecule has 0 aromatic heterocycles. The zero-order valence-electron chi connectivity index (χ0n) is 13.0. The minimum Gasteiger partial charge on any atom is -0.482 e. The number of para-hydroxylation sites is 1. The summed E-state index contributed by atoms with van der Waals surface area (Å²) in [6.07, 6.45) is -0.185. The Labute approximate surface area is 134 Å². The second-order valence-electron chi connectivity index (χ2n) is 5.05. The molecule has 0 N–H and O–H groups in total. The van der Waals surface area contributed by atoms with E-state index in [0.717, 1.165) is 0 Å². The van der Waals surface area contributed by atoms with Crippen molar-refractivity contribution in [3.8, 4) is 11.5 Å². The van der Waals surface area contributed by atoms with E-state index in [2.05, 4.69) is 0 Å². The number of rotatable bonds is 6. The molecule has 0 spiro atoms. The Hall–Kier alpha value is -2.82. The molecule has 2 rings (SSSR count). The molecule has 5 nitrogen and oxygen atoms in total. The van der Waals surface area contributed by atoms with Crippen molar-refractivity contribution < 1.29 is 23.8 Å². The molecule has 0 radical (unpaired) electrons. The van der Waals surface area contributed by atoms with Crippen LogP contribution in [0.2, 0.25) is 0 Å². The van der Waals surface area contributed by atoms with Crippen LogP contribution in [0.3, 0.4) is 0 Å². The maximum absolute atomic E-state index is 11.7. The van der Waals surface area contributed by atoms with Crippen LogP contribution in [0.25, 0.3) is 0 Å². The molecule has 2 aromatic carbocycles. The molecule has 0 aliphatic carbocycles. The van der Waals surface area contributed by atoms with Crippen LogP contribution in [0.4, 0.5) is 0 Å². The van der Waals surface area contributed by atoms with Gasteiger partial charge in [-0.25, -0.2) is 9.59 Å². The van der Waals surface area contributed by atoms with Crippen LogP contribution < -0.4 is 9.47 Å². The fraction of sp³-hybridized carbons (Fsp3) is 0.222. The van der Waals surface area contributed by atoms with Crippen LogP contribution >= 0.6 is 0 Å². The van der Waals surface area contributed by atoms with Gasteiger partial charge in [-0.2, -0.15) is 0 Å². The fourth-order valence-corrected chi connectivity index (χ4v) is 1.76. The van der Waals surface area contributed by atoms with E-state index in [4.69, 9.17) is 14.2 Å². The molecule has 0 unspecified atom stereocenters. The molecule has 0 amide bonds. The van der Waals surface area contributed by atoms with Crippen LogP contribution in [0, 0.1) is 0 Å². The number of carbonyl (C=O) groups is 2. The second kappa shape index (κ2) is 7.98. The fourth-order valence-electron chi connectivity index (χ4n) is 1.76. The average Bonchev–Trinajstić information content (AvgIpc) is 2.54. The van der Waals surface area contributed by atoms with Gasteiger partial charge >= 0.3 is 11.9 Å². The third-order valence-corrected chi connectivity index (χ3v) is 2.76. The molecule has 0 saturated heterocycles. The lowest BCUT2D eigenvalue weighted by Crippen LogP contribution is -2.17. The molecule has 0 fully saturated rings. The highest BCUT2D eigenvalue weighted by Crippen LogP contribution is 2.14. The zero-order chi connectivity index (χ0) is 16.7. The zero-order valence-corrected chi connectivity index (χ0v) is 13.0. The molecule has 0 aliphatic rings. The highest BCUT2D eigenvalue weighted by Gasteiger charge is 2.10. The first kappa shape index (κ1) is 16.5. The number of benzene rings is 2. The van der Waals surface area contributed by atoms with Gasteiger partial charge in [0.25, 0.3) is 0 Å². The maximum Gasteiger partial charge on any atom is 0.349 e. The Morgan fingerprint density at radius 3 is 2.17 bits per heavy atom. The van der Waals surface area contributed by atoms with Crippen molar-refractivity contribution in [2.75, 3.05) is 6.61 Å². The number of esters is 2. The van der Waals surface area contributed by atoms with E-state index in [0.29, 0.717) is 17.1 Å². The lowest BCUT2D eigenvalue weighted by atomic mass is 10.2. The average molecular weight is 314 g/mol. The summed E-state index contributed by atoms with van der Waals surface area (Å²) in [5.41, 5.74) is 0.402. The summed E-state index contributed by atoms with van der Waals surface area (Å²) in [6, 6.07) is 15.2. The van der Waals surface area contributed by atoms with E-state index in [9.17, 15) is 9.59 Å². The molecular weight excluding hydrogens is 296 g/mol. The van der Waals surface area contributed by atoms with Crippen LogP contribution in [0.1, 0.15) is 24.2 Å².